The summed E-state index contributed by atoms with van der Waals surface area (Å²) in [5.41, 5.74) is 2.39. The van der Waals surface area contributed by atoms with Crippen LogP contribution in [0.5, 0.6) is 23.0 Å². The quantitative estimate of drug-likeness (QED) is 0.389. The number of rotatable bonds is 0. The summed E-state index contributed by atoms with van der Waals surface area (Å²) in [5, 5.41) is 3.32. The highest BCUT2D eigenvalue weighted by Gasteiger charge is 2.42. The molecule has 2 aliphatic rings. The van der Waals surface area contributed by atoms with Crippen LogP contribution in [0.15, 0.2) is 54.6 Å². The van der Waals surface area contributed by atoms with E-state index in [-0.39, 0.29) is 0 Å². The lowest BCUT2D eigenvalue weighted by Crippen LogP contribution is -2.35. The van der Waals surface area contributed by atoms with Gasteiger partial charge in [0.1, 0.15) is 23.0 Å². The van der Waals surface area contributed by atoms with Gasteiger partial charge in [0.2, 0.25) is 0 Å². The van der Waals surface area contributed by atoms with Crippen LogP contribution in [0.1, 0.15) is 11.1 Å². The Balaban J connectivity index is 1.96. The molecule has 0 amide bonds. The fourth-order valence-electron chi connectivity index (χ4n) is 3.50. The predicted octanol–water partition coefficient (Wildman–Crippen LogP) is 4.27. The zero-order chi connectivity index (χ0) is 16.5. The summed E-state index contributed by atoms with van der Waals surface area (Å²) in [6, 6.07) is 16.4. The van der Waals surface area contributed by atoms with Crippen LogP contribution in [0, 0.1) is 13.8 Å². The van der Waals surface area contributed by atoms with E-state index in [1.54, 1.807) is 0 Å². The van der Waals surface area contributed by atoms with Gasteiger partial charge >= 0.3 is 0 Å². The maximum atomic E-state index is 6.43. The second-order valence-corrected chi connectivity index (χ2v) is 10.6. The molecule has 0 unspecified atom stereocenters. The third kappa shape index (κ3) is 1.74. The summed E-state index contributed by atoms with van der Waals surface area (Å²) in [7, 11) is 0. The van der Waals surface area contributed by atoms with Crippen molar-refractivity contribution in [3.8, 4) is 23.0 Å². The molecule has 0 spiro atoms. The molecule has 0 N–H and O–H groups in total. The first-order valence-electron chi connectivity index (χ1n) is 7.89. The summed E-state index contributed by atoms with van der Waals surface area (Å²) in [6.45, 7) is 4.20. The van der Waals surface area contributed by atoms with Gasteiger partial charge in [-0.2, -0.15) is 0 Å². The molecule has 0 atom stereocenters. The zero-order valence-electron chi connectivity index (χ0n) is 13.4. The third-order valence-corrected chi connectivity index (χ3v) is 9.48. The molecule has 24 heavy (non-hydrogen) atoms. The summed E-state index contributed by atoms with van der Waals surface area (Å²) in [5.74, 6) is 3.42. The molecule has 118 valence electrons. The number of aryl methyl sites for hydroxylation is 2. The van der Waals surface area contributed by atoms with Gasteiger partial charge in [0.25, 0.3) is 0 Å². The van der Waals surface area contributed by atoms with Gasteiger partial charge in [0, 0.05) is 10.6 Å². The monoisotopic (exact) mass is 350 g/mol. The van der Waals surface area contributed by atoms with E-state index in [1.807, 2.05) is 30.3 Å². The topological polar surface area (TPSA) is 18.5 Å². The third-order valence-electron chi connectivity index (χ3n) is 4.62. The van der Waals surface area contributed by atoms with Crippen LogP contribution < -0.4 is 25.4 Å². The van der Waals surface area contributed by atoms with Crippen molar-refractivity contribution in [2.24, 2.45) is 0 Å². The van der Waals surface area contributed by atoms with E-state index in [0.717, 1.165) is 38.9 Å². The van der Waals surface area contributed by atoms with E-state index in [2.05, 4.69) is 38.1 Å². The lowest BCUT2D eigenvalue weighted by molar-refractivity contribution is 0.466. The summed E-state index contributed by atoms with van der Waals surface area (Å²) in [4.78, 5) is 0. The Hall–Kier alpha value is -2.09. The Morgan fingerprint density at radius 2 is 1.21 bits per heavy atom. The highest BCUT2D eigenvalue weighted by molar-refractivity contribution is 8.26. The van der Waals surface area contributed by atoms with Crippen LogP contribution >= 0.6 is 6.04 Å². The molecule has 0 fully saturated rings. The van der Waals surface area contributed by atoms with E-state index in [9.17, 15) is 0 Å². The van der Waals surface area contributed by atoms with Gasteiger partial charge in [-0.1, -0.05) is 41.1 Å². The maximum Gasteiger partial charge on any atom is 0.140 e. The number of hydrogen-bond donors (Lipinski definition) is 0. The van der Waals surface area contributed by atoms with Crippen LogP contribution in [0.4, 0.5) is 0 Å². The van der Waals surface area contributed by atoms with Crippen molar-refractivity contribution >= 4 is 33.8 Å². The van der Waals surface area contributed by atoms with E-state index in [1.165, 1.54) is 11.1 Å². The lowest BCUT2D eigenvalue weighted by Gasteiger charge is -2.37. The summed E-state index contributed by atoms with van der Waals surface area (Å²) < 4.78 is 12.3. The van der Waals surface area contributed by atoms with Crippen molar-refractivity contribution in [3.63, 3.8) is 0 Å². The maximum absolute atomic E-state index is 6.43. The molecule has 4 heteroatoms. The first kappa shape index (κ1) is 14.3. The van der Waals surface area contributed by atoms with Crippen LogP contribution in [0.2, 0.25) is 0 Å². The largest absolute Gasteiger partial charge is 0.456 e. The Bertz CT molecular complexity index is 993. The van der Waals surface area contributed by atoms with Crippen LogP contribution in [-0.4, -0.2) is 0 Å². The van der Waals surface area contributed by atoms with Gasteiger partial charge in [-0.05, 0) is 50.2 Å². The van der Waals surface area contributed by atoms with Crippen molar-refractivity contribution in [1.29, 1.82) is 0 Å². The van der Waals surface area contributed by atoms with E-state index >= 15 is 0 Å². The SMILES string of the molecule is Cc1ccc2c(c1)P1(=S)c3cc(C)ccc3Oc3cccc(c31)O2. The molecule has 5 rings (SSSR count). The lowest BCUT2D eigenvalue weighted by atomic mass is 10.2. The molecule has 3 aromatic carbocycles. The molecule has 2 heterocycles. The summed E-state index contributed by atoms with van der Waals surface area (Å²) in [6.07, 6.45) is 0. The average molecular weight is 350 g/mol. The highest BCUT2D eigenvalue weighted by atomic mass is 32.4. The molecular weight excluding hydrogens is 335 g/mol. The number of fused-ring (bicyclic) bond motifs is 4. The minimum absolute atomic E-state index is 0.833. The van der Waals surface area contributed by atoms with Gasteiger partial charge in [-0.15, -0.1) is 0 Å². The molecule has 0 aliphatic carbocycles. The van der Waals surface area contributed by atoms with Gasteiger partial charge in [-0.25, -0.2) is 0 Å². The number of ether oxygens (including phenoxy) is 2. The number of benzene rings is 3. The van der Waals surface area contributed by atoms with E-state index in [0.29, 0.717) is 0 Å². The zero-order valence-corrected chi connectivity index (χ0v) is 15.1. The Kier molecular flexibility index (Phi) is 2.81. The molecule has 2 aliphatic heterocycles. The van der Waals surface area contributed by atoms with Crippen LogP contribution in [0.25, 0.3) is 0 Å². The van der Waals surface area contributed by atoms with Gasteiger partial charge < -0.3 is 9.47 Å². The molecule has 0 aromatic heterocycles. The fraction of sp³-hybridized carbons (Fsp3) is 0.100. The van der Waals surface area contributed by atoms with Crippen molar-refractivity contribution < 1.29 is 9.47 Å². The van der Waals surface area contributed by atoms with Gasteiger partial charge in [-0.3, -0.25) is 0 Å². The second kappa shape index (κ2) is 4.72. The Morgan fingerprint density at radius 1 is 0.708 bits per heavy atom. The Morgan fingerprint density at radius 3 is 1.71 bits per heavy atom. The molecule has 0 radical (unpaired) electrons. The van der Waals surface area contributed by atoms with Crippen LogP contribution in [-0.2, 0) is 11.8 Å². The number of hydrogen-bond acceptors (Lipinski definition) is 3. The molecule has 3 aromatic rings. The minimum Gasteiger partial charge on any atom is -0.456 e. The van der Waals surface area contributed by atoms with Crippen molar-refractivity contribution in [2.75, 3.05) is 0 Å². The first-order chi connectivity index (χ1) is 11.6. The minimum atomic E-state index is -2.19. The van der Waals surface area contributed by atoms with Crippen molar-refractivity contribution in [3.05, 3.63) is 65.7 Å². The summed E-state index contributed by atoms with van der Waals surface area (Å²) >= 11 is 6.43. The molecule has 0 bridgehead atoms. The molecule has 0 saturated carbocycles. The van der Waals surface area contributed by atoms with Crippen molar-refractivity contribution in [1.82, 2.24) is 0 Å². The van der Waals surface area contributed by atoms with Gasteiger partial charge in [0.05, 0.1) is 11.3 Å². The molecular formula is C20H15O2PS. The van der Waals surface area contributed by atoms with E-state index < -0.39 is 6.04 Å². The average Bonchev–Trinajstić information content (AvgIpc) is 2.57. The van der Waals surface area contributed by atoms with E-state index in [4.69, 9.17) is 21.3 Å². The Labute approximate surface area is 146 Å². The highest BCUT2D eigenvalue weighted by Crippen LogP contribution is 2.58. The first-order valence-corrected chi connectivity index (χ1v) is 10.7. The second-order valence-electron chi connectivity index (χ2n) is 6.36. The normalized spacial score (nSPS) is 15.4. The molecule has 2 nitrogen and oxygen atoms in total. The van der Waals surface area contributed by atoms with Gasteiger partial charge in [0.15, 0.2) is 0 Å². The standard InChI is InChI=1S/C20H15O2PS/c1-12-6-8-14-18(10-12)23(24)19-11-13(2)7-9-15(19)22-17-5-3-4-16(21-14)20(17)23/h3-11H,1-2H3. The fourth-order valence-corrected chi connectivity index (χ4v) is 8.13. The van der Waals surface area contributed by atoms with Crippen LogP contribution in [0.3, 0.4) is 0 Å². The molecule has 0 saturated heterocycles. The smallest absolute Gasteiger partial charge is 0.140 e. The predicted molar refractivity (Wildman–Crippen MR) is 102 cm³/mol. The van der Waals surface area contributed by atoms with Crippen molar-refractivity contribution in [2.45, 2.75) is 13.8 Å².